The van der Waals surface area contributed by atoms with Gasteiger partial charge in [-0.25, -0.2) is 4.79 Å². The predicted molar refractivity (Wildman–Crippen MR) is 109 cm³/mol. The van der Waals surface area contributed by atoms with E-state index in [1.165, 1.54) is 7.11 Å². The highest BCUT2D eigenvalue weighted by Crippen LogP contribution is 2.33. The second-order valence-corrected chi connectivity index (χ2v) is 7.38. The van der Waals surface area contributed by atoms with E-state index in [9.17, 15) is 4.79 Å². The van der Waals surface area contributed by atoms with Crippen molar-refractivity contribution in [2.45, 2.75) is 25.9 Å². The minimum absolute atomic E-state index is 0.210. The van der Waals surface area contributed by atoms with E-state index >= 15 is 0 Å². The number of urea groups is 1. The van der Waals surface area contributed by atoms with Gasteiger partial charge in [-0.2, -0.15) is 5.26 Å². The van der Waals surface area contributed by atoms with Crippen LogP contribution in [0.1, 0.15) is 25.8 Å². The quantitative estimate of drug-likeness (QED) is 0.761. The summed E-state index contributed by atoms with van der Waals surface area (Å²) in [5, 5.41) is 14.7. The van der Waals surface area contributed by atoms with Crippen molar-refractivity contribution in [1.82, 2.24) is 5.32 Å². The number of rotatable bonds is 6. The molecule has 0 aromatic heterocycles. The normalized spacial score (nSPS) is 17.2. The van der Waals surface area contributed by atoms with Crippen LogP contribution in [0.4, 0.5) is 10.5 Å². The predicted octanol–water partition coefficient (Wildman–Crippen LogP) is 4.30. The van der Waals surface area contributed by atoms with Crippen LogP contribution >= 0.6 is 0 Å². The molecule has 1 aliphatic rings. The van der Waals surface area contributed by atoms with Crippen molar-refractivity contribution in [2.24, 2.45) is 5.92 Å². The van der Waals surface area contributed by atoms with E-state index in [1.54, 1.807) is 42.5 Å². The van der Waals surface area contributed by atoms with Crippen molar-refractivity contribution in [1.29, 1.82) is 5.26 Å². The van der Waals surface area contributed by atoms with Crippen LogP contribution in [-0.4, -0.2) is 31.9 Å². The summed E-state index contributed by atoms with van der Waals surface area (Å²) in [5.41, 5.74) is 0.939. The molecule has 2 amide bonds. The zero-order chi connectivity index (χ0) is 20.9. The average molecular weight is 395 g/mol. The lowest BCUT2D eigenvalue weighted by Gasteiger charge is -2.25. The summed E-state index contributed by atoms with van der Waals surface area (Å²) in [5.74, 6) is 1.87. The molecule has 3 rings (SSSR count). The molecule has 0 saturated carbocycles. The number of nitriles is 1. The Bertz CT molecular complexity index is 903. The number of nitrogens with zero attached hydrogens (tertiary/aromatic N) is 1. The smallest absolute Gasteiger partial charge is 0.319 e. The second kappa shape index (κ2) is 8.84. The zero-order valence-corrected chi connectivity index (χ0v) is 16.8. The maximum atomic E-state index is 12.2. The summed E-state index contributed by atoms with van der Waals surface area (Å²) in [4.78, 5) is 12.2. The van der Waals surface area contributed by atoms with Crippen molar-refractivity contribution in [3.8, 4) is 23.3 Å². The minimum atomic E-state index is -0.255. The molecule has 29 heavy (non-hydrogen) atoms. The highest BCUT2D eigenvalue weighted by molar-refractivity contribution is 5.89. The first kappa shape index (κ1) is 20.5. The molecule has 1 fully saturated rings. The van der Waals surface area contributed by atoms with Crippen LogP contribution in [0.25, 0.3) is 0 Å². The summed E-state index contributed by atoms with van der Waals surface area (Å²) in [6.45, 7) is 5.39. The van der Waals surface area contributed by atoms with Gasteiger partial charge in [0, 0.05) is 30.8 Å². The topological polar surface area (TPSA) is 92.6 Å². The molecular weight excluding hydrogens is 370 g/mol. The first-order valence-corrected chi connectivity index (χ1v) is 9.46. The largest absolute Gasteiger partial charge is 0.493 e. The maximum Gasteiger partial charge on any atom is 0.319 e. The molecule has 1 heterocycles. The molecule has 2 N–H and O–H groups in total. The third kappa shape index (κ3) is 5.18. The molecule has 0 spiro atoms. The Hall–Kier alpha value is -3.24. The number of benzene rings is 2. The van der Waals surface area contributed by atoms with E-state index in [2.05, 4.69) is 16.7 Å². The number of nitrogens with one attached hydrogen (secondary N) is 2. The number of carbonyl (C=O) groups excluding carboxylic acids is 1. The molecule has 152 valence electrons. The van der Waals surface area contributed by atoms with Crippen molar-refractivity contribution in [3.05, 3.63) is 48.0 Å². The third-order valence-corrected chi connectivity index (χ3v) is 5.07. The highest BCUT2D eigenvalue weighted by atomic mass is 16.5. The Kier molecular flexibility index (Phi) is 6.25. The summed E-state index contributed by atoms with van der Waals surface area (Å²) < 4.78 is 16.8. The molecule has 1 aliphatic heterocycles. The summed E-state index contributed by atoms with van der Waals surface area (Å²) >= 11 is 0. The summed E-state index contributed by atoms with van der Waals surface area (Å²) in [7, 11) is 1.52. The Morgan fingerprint density at radius 3 is 2.62 bits per heavy atom. The van der Waals surface area contributed by atoms with E-state index in [4.69, 9.17) is 19.5 Å². The van der Waals surface area contributed by atoms with Gasteiger partial charge >= 0.3 is 6.03 Å². The van der Waals surface area contributed by atoms with Gasteiger partial charge in [-0.1, -0.05) is 0 Å². The number of hydrogen-bond donors (Lipinski definition) is 2. The fourth-order valence-electron chi connectivity index (χ4n) is 3.22. The monoisotopic (exact) mass is 395 g/mol. The van der Waals surface area contributed by atoms with Gasteiger partial charge < -0.3 is 24.8 Å². The molecule has 1 unspecified atom stereocenters. The van der Waals surface area contributed by atoms with E-state index in [0.717, 1.165) is 13.0 Å². The van der Waals surface area contributed by atoms with Crippen LogP contribution < -0.4 is 20.1 Å². The number of hydrogen-bond acceptors (Lipinski definition) is 5. The number of ether oxygens (including phenoxy) is 3. The zero-order valence-electron chi connectivity index (χ0n) is 16.8. The van der Waals surface area contributed by atoms with E-state index in [0.29, 0.717) is 41.0 Å². The van der Waals surface area contributed by atoms with E-state index in [-0.39, 0.29) is 11.6 Å². The Balaban J connectivity index is 1.55. The van der Waals surface area contributed by atoms with Gasteiger partial charge in [-0.3, -0.25) is 0 Å². The Morgan fingerprint density at radius 1 is 1.24 bits per heavy atom. The van der Waals surface area contributed by atoms with Gasteiger partial charge in [0.1, 0.15) is 5.75 Å². The van der Waals surface area contributed by atoms with E-state index in [1.807, 2.05) is 13.8 Å². The van der Waals surface area contributed by atoms with Crippen LogP contribution in [0.3, 0.4) is 0 Å². The van der Waals surface area contributed by atoms with Gasteiger partial charge in [-0.15, -0.1) is 0 Å². The summed E-state index contributed by atoms with van der Waals surface area (Å²) in [6.07, 6.45) is 0.943. The first-order valence-electron chi connectivity index (χ1n) is 9.46. The van der Waals surface area contributed by atoms with Crippen LogP contribution in [0.15, 0.2) is 42.5 Å². The van der Waals surface area contributed by atoms with Gasteiger partial charge in [0.25, 0.3) is 0 Å². The molecule has 0 aliphatic carbocycles. The highest BCUT2D eigenvalue weighted by Gasteiger charge is 2.35. The van der Waals surface area contributed by atoms with Gasteiger partial charge in [0.05, 0.1) is 24.3 Å². The van der Waals surface area contributed by atoms with Crippen LogP contribution in [0, 0.1) is 17.2 Å². The molecule has 2 aromatic carbocycles. The summed E-state index contributed by atoms with van der Waals surface area (Å²) in [6, 6.07) is 13.8. The Morgan fingerprint density at radius 2 is 2.00 bits per heavy atom. The molecular formula is C22H25N3O4. The lowest BCUT2D eigenvalue weighted by molar-refractivity contribution is 0.0121. The molecule has 7 heteroatoms. The molecule has 7 nitrogen and oxygen atoms in total. The molecule has 0 bridgehead atoms. The van der Waals surface area contributed by atoms with Crippen molar-refractivity contribution < 1.29 is 19.0 Å². The number of carbonyl (C=O) groups is 1. The minimum Gasteiger partial charge on any atom is -0.493 e. The maximum absolute atomic E-state index is 12.2. The van der Waals surface area contributed by atoms with Gasteiger partial charge in [-0.05, 0) is 56.7 Å². The molecule has 2 aromatic rings. The average Bonchev–Trinajstić information content (AvgIpc) is 3.06. The number of methoxy groups -OCH3 is 1. The Labute approximate surface area is 170 Å². The van der Waals surface area contributed by atoms with Crippen molar-refractivity contribution in [3.63, 3.8) is 0 Å². The second-order valence-electron chi connectivity index (χ2n) is 7.38. The first-order chi connectivity index (χ1) is 13.9. The fraction of sp³-hybridized carbons (Fsp3) is 0.364. The van der Waals surface area contributed by atoms with Crippen LogP contribution in [-0.2, 0) is 4.74 Å². The third-order valence-electron chi connectivity index (χ3n) is 5.07. The lowest BCUT2D eigenvalue weighted by Crippen LogP contribution is -2.39. The molecule has 1 saturated heterocycles. The molecule has 0 radical (unpaired) electrons. The van der Waals surface area contributed by atoms with Crippen molar-refractivity contribution in [2.75, 3.05) is 25.6 Å². The van der Waals surface area contributed by atoms with Gasteiger partial charge in [0.2, 0.25) is 0 Å². The van der Waals surface area contributed by atoms with E-state index < -0.39 is 0 Å². The SMILES string of the molecule is COc1cc(C#N)ccc1Oc1ccc(NC(=O)NCC2CCOC2(C)C)cc1. The molecule has 1 atom stereocenters. The van der Waals surface area contributed by atoms with Crippen molar-refractivity contribution >= 4 is 11.7 Å². The number of amides is 2. The van der Waals surface area contributed by atoms with Crippen LogP contribution in [0.2, 0.25) is 0 Å². The van der Waals surface area contributed by atoms with Gasteiger partial charge in [0.15, 0.2) is 11.5 Å². The van der Waals surface area contributed by atoms with Crippen LogP contribution in [0.5, 0.6) is 17.2 Å². The number of anilines is 1. The lowest BCUT2D eigenvalue weighted by atomic mass is 9.91. The standard InChI is InChI=1S/C22H25N3O4/c1-22(2)16(10-11-28-22)14-24-21(26)25-17-5-7-18(8-6-17)29-19-9-4-15(13-23)12-20(19)27-3/h4-9,12,16H,10-11,14H2,1-3H3,(H2,24,25,26). The fourth-order valence-corrected chi connectivity index (χ4v) is 3.22.